The second-order valence-electron chi connectivity index (χ2n) is 4.82. The maximum Gasteiger partial charge on any atom is 0.354 e. The summed E-state index contributed by atoms with van der Waals surface area (Å²) in [6.07, 6.45) is 0.916. The van der Waals surface area contributed by atoms with Crippen molar-refractivity contribution in [3.8, 4) is 0 Å². The zero-order valence-electron chi connectivity index (χ0n) is 12.2. The van der Waals surface area contributed by atoms with Gasteiger partial charge in [-0.05, 0) is 25.1 Å². The van der Waals surface area contributed by atoms with E-state index in [0.29, 0.717) is 18.8 Å². The van der Waals surface area contributed by atoms with Gasteiger partial charge < -0.3 is 10.0 Å². The van der Waals surface area contributed by atoms with Crippen molar-refractivity contribution in [3.05, 3.63) is 29.6 Å². The molecule has 0 saturated heterocycles. The Morgan fingerprint density at radius 1 is 1.30 bits per heavy atom. The molecule has 0 aliphatic carbocycles. The minimum absolute atomic E-state index is 0.0211. The maximum absolute atomic E-state index is 11.8. The summed E-state index contributed by atoms with van der Waals surface area (Å²) in [5, 5.41) is 8.93. The average molecular weight is 279 g/mol. The minimum atomic E-state index is -1.04. The van der Waals surface area contributed by atoms with Gasteiger partial charge in [-0.25, -0.2) is 9.78 Å². The Labute approximate surface area is 119 Å². The first kappa shape index (κ1) is 16.1. The molecule has 0 spiro atoms. The number of hydrogen-bond donors (Lipinski definition) is 1. The van der Waals surface area contributed by atoms with Crippen LogP contribution in [-0.4, -0.2) is 59.0 Å². The number of carboxylic acid groups (broad SMARTS) is 1. The zero-order valence-corrected chi connectivity index (χ0v) is 12.2. The van der Waals surface area contributed by atoms with E-state index in [4.69, 9.17) is 5.11 Å². The van der Waals surface area contributed by atoms with E-state index in [-0.39, 0.29) is 11.6 Å². The molecule has 0 unspecified atom stereocenters. The highest BCUT2D eigenvalue weighted by molar-refractivity contribution is 5.85. The standard InChI is InChI=1S/C14H21N3O3/c1-4-8-17(10-13(18)16(2)3)9-11-6-5-7-12(15-11)14(19)20/h5-7H,4,8-10H2,1-3H3,(H,19,20). The van der Waals surface area contributed by atoms with Crippen LogP contribution in [0.25, 0.3) is 0 Å². The minimum Gasteiger partial charge on any atom is -0.477 e. The van der Waals surface area contributed by atoms with E-state index in [9.17, 15) is 9.59 Å². The van der Waals surface area contributed by atoms with E-state index < -0.39 is 5.97 Å². The molecule has 1 N–H and O–H groups in total. The van der Waals surface area contributed by atoms with Gasteiger partial charge in [-0.15, -0.1) is 0 Å². The van der Waals surface area contributed by atoms with Gasteiger partial charge in [0.1, 0.15) is 5.69 Å². The molecule has 0 aliphatic heterocycles. The van der Waals surface area contributed by atoms with Crippen molar-refractivity contribution >= 4 is 11.9 Å². The van der Waals surface area contributed by atoms with Crippen LogP contribution in [0.3, 0.4) is 0 Å². The van der Waals surface area contributed by atoms with E-state index >= 15 is 0 Å². The largest absolute Gasteiger partial charge is 0.477 e. The van der Waals surface area contributed by atoms with Gasteiger partial charge in [-0.1, -0.05) is 13.0 Å². The van der Waals surface area contributed by atoms with E-state index in [1.165, 1.54) is 6.07 Å². The lowest BCUT2D eigenvalue weighted by Crippen LogP contribution is -2.36. The normalized spacial score (nSPS) is 10.6. The van der Waals surface area contributed by atoms with E-state index in [1.54, 1.807) is 31.1 Å². The van der Waals surface area contributed by atoms with Gasteiger partial charge in [-0.3, -0.25) is 9.69 Å². The predicted molar refractivity (Wildman–Crippen MR) is 75.5 cm³/mol. The quantitative estimate of drug-likeness (QED) is 0.808. The molecule has 0 aromatic carbocycles. The van der Waals surface area contributed by atoms with Crippen molar-refractivity contribution in [3.63, 3.8) is 0 Å². The second kappa shape index (κ2) is 7.59. The molecule has 20 heavy (non-hydrogen) atoms. The number of nitrogens with zero attached hydrogens (tertiary/aromatic N) is 3. The Balaban J connectivity index is 2.77. The summed E-state index contributed by atoms with van der Waals surface area (Å²) in [6.45, 7) is 3.57. The predicted octanol–water partition coefficient (Wildman–Crippen LogP) is 1.08. The summed E-state index contributed by atoms with van der Waals surface area (Å²) in [6, 6.07) is 4.90. The van der Waals surface area contributed by atoms with Gasteiger partial charge in [0.2, 0.25) is 5.91 Å². The molecule has 0 aliphatic rings. The van der Waals surface area contributed by atoms with Gasteiger partial charge in [0.25, 0.3) is 0 Å². The summed E-state index contributed by atoms with van der Waals surface area (Å²) < 4.78 is 0. The fourth-order valence-corrected chi connectivity index (χ4v) is 1.78. The molecular formula is C14H21N3O3. The highest BCUT2D eigenvalue weighted by Crippen LogP contribution is 2.05. The molecule has 1 aromatic heterocycles. The highest BCUT2D eigenvalue weighted by atomic mass is 16.4. The number of aromatic nitrogens is 1. The van der Waals surface area contributed by atoms with Crippen molar-refractivity contribution in [2.75, 3.05) is 27.2 Å². The summed E-state index contributed by atoms with van der Waals surface area (Å²) in [4.78, 5) is 30.3. The van der Waals surface area contributed by atoms with Crippen LogP contribution in [0.1, 0.15) is 29.5 Å². The van der Waals surface area contributed by atoms with Crippen LogP contribution in [-0.2, 0) is 11.3 Å². The van der Waals surface area contributed by atoms with Gasteiger partial charge >= 0.3 is 5.97 Å². The molecule has 110 valence electrons. The first-order valence-electron chi connectivity index (χ1n) is 6.55. The van der Waals surface area contributed by atoms with E-state index in [0.717, 1.165) is 13.0 Å². The molecule has 0 saturated carbocycles. The number of likely N-dealkylation sites (N-methyl/N-ethyl adjacent to an activating group) is 1. The Morgan fingerprint density at radius 3 is 2.55 bits per heavy atom. The molecule has 1 aromatic rings. The van der Waals surface area contributed by atoms with Gasteiger partial charge in [-0.2, -0.15) is 0 Å². The third-order valence-electron chi connectivity index (χ3n) is 2.81. The summed E-state index contributed by atoms with van der Waals surface area (Å²) >= 11 is 0. The fraction of sp³-hybridized carbons (Fsp3) is 0.500. The lowest BCUT2D eigenvalue weighted by molar-refractivity contribution is -0.130. The van der Waals surface area contributed by atoms with Crippen molar-refractivity contribution in [2.24, 2.45) is 0 Å². The lowest BCUT2D eigenvalue weighted by Gasteiger charge is -2.22. The van der Waals surface area contributed by atoms with Crippen molar-refractivity contribution in [1.29, 1.82) is 0 Å². The summed E-state index contributed by atoms with van der Waals surface area (Å²) in [7, 11) is 3.44. The summed E-state index contributed by atoms with van der Waals surface area (Å²) in [5.74, 6) is -1.02. The number of carbonyl (C=O) groups excluding carboxylic acids is 1. The van der Waals surface area contributed by atoms with Crippen LogP contribution in [0.2, 0.25) is 0 Å². The van der Waals surface area contributed by atoms with Crippen LogP contribution >= 0.6 is 0 Å². The molecule has 0 atom stereocenters. The number of aromatic carboxylic acids is 1. The number of amides is 1. The maximum atomic E-state index is 11.8. The monoisotopic (exact) mass is 279 g/mol. The zero-order chi connectivity index (χ0) is 15.1. The number of hydrogen-bond acceptors (Lipinski definition) is 4. The Morgan fingerprint density at radius 2 is 2.00 bits per heavy atom. The smallest absolute Gasteiger partial charge is 0.354 e. The molecular weight excluding hydrogens is 258 g/mol. The van der Waals surface area contributed by atoms with Crippen LogP contribution in [0.15, 0.2) is 18.2 Å². The van der Waals surface area contributed by atoms with Crippen LogP contribution in [0, 0.1) is 0 Å². The Bertz CT molecular complexity index is 474. The molecule has 0 fully saturated rings. The molecule has 1 heterocycles. The number of carboxylic acids is 1. The van der Waals surface area contributed by atoms with Gasteiger partial charge in [0, 0.05) is 20.6 Å². The van der Waals surface area contributed by atoms with Crippen molar-refractivity contribution in [2.45, 2.75) is 19.9 Å². The third kappa shape index (κ3) is 4.97. The topological polar surface area (TPSA) is 73.7 Å². The number of rotatable bonds is 7. The third-order valence-corrected chi connectivity index (χ3v) is 2.81. The Hall–Kier alpha value is -1.95. The molecule has 6 heteroatoms. The lowest BCUT2D eigenvalue weighted by atomic mass is 10.2. The van der Waals surface area contributed by atoms with Crippen LogP contribution in [0.4, 0.5) is 0 Å². The molecule has 0 radical (unpaired) electrons. The first-order valence-corrected chi connectivity index (χ1v) is 6.55. The SMILES string of the molecule is CCCN(CC(=O)N(C)C)Cc1cccc(C(=O)O)n1. The first-order chi connectivity index (χ1) is 9.43. The Kier molecular flexibility index (Phi) is 6.11. The number of pyridine rings is 1. The molecule has 0 bridgehead atoms. The molecule has 1 rings (SSSR count). The molecule has 1 amide bonds. The van der Waals surface area contributed by atoms with Gasteiger partial charge in [0.05, 0.1) is 12.2 Å². The van der Waals surface area contributed by atoms with Gasteiger partial charge in [0.15, 0.2) is 0 Å². The fourth-order valence-electron chi connectivity index (χ4n) is 1.78. The highest BCUT2D eigenvalue weighted by Gasteiger charge is 2.13. The van der Waals surface area contributed by atoms with Crippen molar-refractivity contribution in [1.82, 2.24) is 14.8 Å². The van der Waals surface area contributed by atoms with Crippen LogP contribution in [0.5, 0.6) is 0 Å². The average Bonchev–Trinajstić information content (AvgIpc) is 2.39. The molecule has 6 nitrogen and oxygen atoms in total. The summed E-state index contributed by atoms with van der Waals surface area (Å²) in [5.41, 5.74) is 0.683. The second-order valence-corrected chi connectivity index (χ2v) is 4.82. The van der Waals surface area contributed by atoms with Crippen molar-refractivity contribution < 1.29 is 14.7 Å². The van der Waals surface area contributed by atoms with E-state index in [2.05, 4.69) is 4.98 Å². The number of carbonyl (C=O) groups is 2. The van der Waals surface area contributed by atoms with E-state index in [1.807, 2.05) is 11.8 Å². The van der Waals surface area contributed by atoms with Crippen LogP contribution < -0.4 is 0 Å².